The summed E-state index contributed by atoms with van der Waals surface area (Å²) in [5.74, 6) is -0.696. The molecular formula is C26H27N2Y-. The summed E-state index contributed by atoms with van der Waals surface area (Å²) in [5.41, 5.74) is 5.35. The van der Waals surface area contributed by atoms with Gasteiger partial charge in [-0.3, -0.25) is 10.1 Å². The molecule has 2 nitrogen and oxygen atoms in total. The molecule has 1 aromatic heterocycles. The maximum Gasteiger partial charge on any atom is 0.229 e. The molecule has 2 aromatic carbocycles. The number of pyridine rings is 1. The van der Waals surface area contributed by atoms with Crippen LogP contribution in [0.25, 0.3) is 16.3 Å². The van der Waals surface area contributed by atoms with E-state index in [0.29, 0.717) is 5.57 Å². The van der Waals surface area contributed by atoms with E-state index >= 15 is 0 Å². The standard InChI is InChI=1S/C26H27N2.Y/c1-7-18(4)24-16-28(25-19(5)9-8-10-23(24)25)26-22-12-11-20(17(2)3)15-21(22)13-14-27(26)6;/h8-15,17H,1-6H3;/q-1;/i4D3,17D;. The smallest absolute Gasteiger partial charge is 0.229 e. The first kappa shape index (κ1) is 17.0. The van der Waals surface area contributed by atoms with Gasteiger partial charge < -0.3 is 10.7 Å². The molecular weight excluding hydrogens is 429 g/mol. The van der Waals surface area contributed by atoms with Crippen molar-refractivity contribution >= 4 is 22.0 Å². The summed E-state index contributed by atoms with van der Waals surface area (Å²) in [6, 6.07) is 14.0. The van der Waals surface area contributed by atoms with Gasteiger partial charge in [0.05, 0.1) is 13.2 Å². The van der Waals surface area contributed by atoms with E-state index < -0.39 is 12.7 Å². The number of fused-ring (bicyclic) bond motifs is 2. The van der Waals surface area contributed by atoms with Crippen molar-refractivity contribution in [2.75, 3.05) is 0 Å². The number of aromatic nitrogens is 1. The topological polar surface area (TPSA) is 7.94 Å². The van der Waals surface area contributed by atoms with Crippen LogP contribution in [0.3, 0.4) is 0 Å². The molecule has 1 aliphatic rings. The Hall–Kier alpha value is -1.77. The predicted molar refractivity (Wildman–Crippen MR) is 118 cm³/mol. The van der Waals surface area contributed by atoms with Crippen LogP contribution >= 0.6 is 0 Å². The number of nitrogens with zero attached hydrogens (tertiary/aromatic N) is 2. The first-order valence-corrected chi connectivity index (χ1v) is 9.45. The van der Waals surface area contributed by atoms with Crippen molar-refractivity contribution in [2.45, 2.75) is 40.4 Å². The molecule has 0 saturated heterocycles. The van der Waals surface area contributed by atoms with Crippen LogP contribution in [0.2, 0.25) is 0 Å². The fourth-order valence-corrected chi connectivity index (χ4v) is 3.81. The summed E-state index contributed by atoms with van der Waals surface area (Å²) in [5, 5.41) is 2.03. The van der Waals surface area contributed by atoms with Crippen LogP contribution in [-0.4, -0.2) is 4.57 Å². The van der Waals surface area contributed by atoms with E-state index in [-0.39, 0.29) is 38.3 Å². The van der Waals surface area contributed by atoms with Crippen molar-refractivity contribution in [1.82, 2.24) is 9.14 Å². The molecule has 0 fully saturated rings. The maximum atomic E-state index is 8.39. The quantitative estimate of drug-likeness (QED) is 0.346. The van der Waals surface area contributed by atoms with Gasteiger partial charge in [-0.05, 0) is 41.6 Å². The van der Waals surface area contributed by atoms with Crippen molar-refractivity contribution in [3.63, 3.8) is 0 Å². The third-order valence-corrected chi connectivity index (χ3v) is 5.35. The van der Waals surface area contributed by atoms with Crippen LogP contribution in [0, 0.1) is 19.2 Å². The summed E-state index contributed by atoms with van der Waals surface area (Å²) in [7, 11) is 1.97. The molecule has 0 unspecified atom stereocenters. The van der Waals surface area contributed by atoms with Crippen molar-refractivity contribution in [2.24, 2.45) is 7.05 Å². The van der Waals surface area contributed by atoms with Gasteiger partial charge in [0.2, 0.25) is 5.49 Å². The van der Waals surface area contributed by atoms with Gasteiger partial charge in [-0.15, -0.1) is 25.4 Å². The number of rotatable bonds is 2. The predicted octanol–water partition coefficient (Wildman–Crippen LogP) is 5.64. The number of para-hydroxylation sites is 1. The molecule has 1 aliphatic heterocycles. The van der Waals surface area contributed by atoms with Crippen LogP contribution in [0.15, 0.2) is 54.2 Å². The fraction of sp³-hybridized carbons (Fsp3) is 0.269. The van der Waals surface area contributed by atoms with Crippen molar-refractivity contribution < 1.29 is 38.2 Å². The van der Waals surface area contributed by atoms with Crippen LogP contribution in [0.1, 0.15) is 55.7 Å². The van der Waals surface area contributed by atoms with Crippen LogP contribution in [0.5, 0.6) is 0 Å². The third kappa shape index (κ3) is 3.73. The van der Waals surface area contributed by atoms with Gasteiger partial charge in [-0.2, -0.15) is 0 Å². The normalized spacial score (nSPS) is 18.2. The average molecular weight is 460 g/mol. The Bertz CT molecular complexity index is 1370. The number of hydrogen-bond acceptors (Lipinski definition) is 0. The third-order valence-electron chi connectivity index (χ3n) is 5.35. The van der Waals surface area contributed by atoms with Gasteiger partial charge in [0, 0.05) is 49.3 Å². The number of aryl methyl sites for hydroxylation is 2. The minimum absolute atomic E-state index is 0. The Balaban J connectivity index is 0.00000306. The zero-order valence-corrected chi connectivity index (χ0v) is 20.4. The molecule has 3 heteroatoms. The Morgan fingerprint density at radius 1 is 1.24 bits per heavy atom. The second-order valence-corrected chi connectivity index (χ2v) is 7.47. The van der Waals surface area contributed by atoms with Gasteiger partial charge in [0.1, 0.15) is 0 Å². The van der Waals surface area contributed by atoms with Crippen LogP contribution < -0.4 is 10.1 Å². The fourth-order valence-electron chi connectivity index (χ4n) is 3.81. The molecule has 3 aromatic rings. The molecule has 0 bridgehead atoms. The van der Waals surface area contributed by atoms with E-state index in [4.69, 9.17) is 5.48 Å². The van der Waals surface area contributed by atoms with E-state index in [2.05, 4.69) is 18.3 Å². The van der Waals surface area contributed by atoms with Crippen LogP contribution in [0.4, 0.5) is 5.69 Å². The minimum Gasteiger partial charge on any atom is -0.316 e. The first-order chi connectivity index (χ1) is 14.9. The Kier molecular flexibility index (Phi) is 5.00. The molecule has 0 saturated carbocycles. The van der Waals surface area contributed by atoms with Crippen LogP contribution in [-0.2, 0) is 39.8 Å². The van der Waals surface area contributed by atoms with Gasteiger partial charge >= 0.3 is 0 Å². The van der Waals surface area contributed by atoms with E-state index in [0.717, 1.165) is 38.6 Å². The molecule has 1 radical (unpaired) electrons. The zero-order chi connectivity index (χ0) is 23.4. The summed E-state index contributed by atoms with van der Waals surface area (Å²) in [4.78, 5) is 0. The monoisotopic (exact) mass is 460 g/mol. The molecule has 145 valence electrons. The van der Waals surface area contributed by atoms with E-state index in [9.17, 15) is 0 Å². The molecule has 0 atom stereocenters. The second-order valence-electron chi connectivity index (χ2n) is 7.47. The van der Waals surface area contributed by atoms with Gasteiger partial charge in [-0.1, -0.05) is 44.2 Å². The molecule has 0 amide bonds. The minimum atomic E-state index is -2.29. The number of allylic oxidation sites excluding steroid dienone is 3. The maximum absolute atomic E-state index is 8.39. The Labute approximate surface area is 204 Å². The van der Waals surface area contributed by atoms with Gasteiger partial charge in [-0.25, -0.2) is 5.57 Å². The molecule has 0 aliphatic carbocycles. The molecule has 0 N–H and O–H groups in total. The van der Waals surface area contributed by atoms with Crippen molar-refractivity contribution in [3.8, 4) is 0 Å². The van der Waals surface area contributed by atoms with E-state index in [1.165, 1.54) is 0 Å². The average Bonchev–Trinajstić information content (AvgIpc) is 3.06. The van der Waals surface area contributed by atoms with E-state index in [1.807, 2.05) is 79.6 Å². The van der Waals surface area contributed by atoms with E-state index in [1.54, 1.807) is 6.92 Å². The molecule has 29 heavy (non-hydrogen) atoms. The molecule has 0 spiro atoms. The largest absolute Gasteiger partial charge is 0.316 e. The summed E-state index contributed by atoms with van der Waals surface area (Å²) >= 11 is 0. The van der Waals surface area contributed by atoms with Crippen molar-refractivity contribution in [3.05, 3.63) is 88.7 Å². The molecule has 4 rings (SSSR count). The number of benzene rings is 2. The van der Waals surface area contributed by atoms with Gasteiger partial charge in [0.15, 0.2) is 0 Å². The van der Waals surface area contributed by atoms with Crippen molar-refractivity contribution in [1.29, 1.82) is 0 Å². The van der Waals surface area contributed by atoms with Gasteiger partial charge in [0.25, 0.3) is 0 Å². The molecule has 2 heterocycles. The Morgan fingerprint density at radius 3 is 2.72 bits per heavy atom. The number of hydrogen-bond donors (Lipinski definition) is 0. The zero-order valence-electron chi connectivity index (χ0n) is 21.6. The summed E-state index contributed by atoms with van der Waals surface area (Å²) in [6.45, 7) is 5.13. The summed E-state index contributed by atoms with van der Waals surface area (Å²) in [6.07, 6.45) is 8.26. The SMILES string of the molecule is [2H]C([2H])([2H])C(=[C-]C)C1=[C-][N+](=c2c3ccc(C([2H])(C)C)cc3ccn2C)c2c(C)cccc21.[Y]. The first-order valence-electron chi connectivity index (χ1n) is 11.5. The summed E-state index contributed by atoms with van der Waals surface area (Å²) < 4.78 is 36.4. The second kappa shape index (κ2) is 8.54. The Morgan fingerprint density at radius 2 is 2.03 bits per heavy atom.